The van der Waals surface area contributed by atoms with Crippen molar-refractivity contribution in [2.75, 3.05) is 0 Å². The summed E-state index contributed by atoms with van der Waals surface area (Å²) in [5, 5.41) is 0. The highest BCUT2D eigenvalue weighted by Gasteiger charge is 1.89. The molecule has 0 N–H and O–H groups in total. The van der Waals surface area contributed by atoms with Crippen molar-refractivity contribution in [3.63, 3.8) is 0 Å². The predicted molar refractivity (Wildman–Crippen MR) is 70.9 cm³/mol. The lowest BCUT2D eigenvalue weighted by Gasteiger charge is -1.95. The number of pyridine rings is 1. The van der Waals surface area contributed by atoms with Gasteiger partial charge < -0.3 is 0 Å². The summed E-state index contributed by atoms with van der Waals surface area (Å²) in [6.07, 6.45) is 7.36. The molecule has 0 aliphatic rings. The highest BCUT2D eigenvalue weighted by Crippen LogP contribution is 2.04. The Labute approximate surface area is 94.6 Å². The molecular weight excluding hydrogens is 182 g/mol. The molecule has 15 heavy (non-hydrogen) atoms. The summed E-state index contributed by atoms with van der Waals surface area (Å²) in [7, 11) is 0. The van der Waals surface area contributed by atoms with E-state index < -0.39 is 0 Å². The van der Waals surface area contributed by atoms with Gasteiger partial charge in [-0.05, 0) is 24.6 Å². The van der Waals surface area contributed by atoms with Gasteiger partial charge in [0.15, 0.2) is 0 Å². The lowest BCUT2D eigenvalue weighted by atomic mass is 10.2. The lowest BCUT2D eigenvalue weighted by molar-refractivity contribution is 1.24. The standard InChI is InChI=1S/C10H11N.2C2H6/c1-3-4-7-10-9(2)6-5-8-11-10;2*1-2/h3-8H,1H2,2H3;2*1-2H3/b7-4-;;. The quantitative estimate of drug-likeness (QED) is 0.641. The Balaban J connectivity index is 0. The van der Waals surface area contributed by atoms with E-state index in [0.29, 0.717) is 0 Å². The van der Waals surface area contributed by atoms with Gasteiger partial charge in [0.25, 0.3) is 0 Å². The number of hydrogen-bond acceptors (Lipinski definition) is 1. The van der Waals surface area contributed by atoms with Crippen molar-refractivity contribution in [1.82, 2.24) is 4.98 Å². The van der Waals surface area contributed by atoms with E-state index in [1.165, 1.54) is 5.56 Å². The maximum atomic E-state index is 4.18. The Kier molecular flexibility index (Phi) is 13.5. The van der Waals surface area contributed by atoms with E-state index in [4.69, 9.17) is 0 Å². The second kappa shape index (κ2) is 12.6. The van der Waals surface area contributed by atoms with Crippen LogP contribution in [0.2, 0.25) is 0 Å². The number of rotatable bonds is 2. The van der Waals surface area contributed by atoms with Gasteiger partial charge in [-0.1, -0.05) is 52.5 Å². The Bertz CT molecular complexity index is 274. The summed E-state index contributed by atoms with van der Waals surface area (Å²) in [5.74, 6) is 0. The van der Waals surface area contributed by atoms with Crippen molar-refractivity contribution in [3.8, 4) is 0 Å². The average molecular weight is 205 g/mol. The van der Waals surface area contributed by atoms with Gasteiger partial charge in [-0.3, -0.25) is 4.98 Å². The van der Waals surface area contributed by atoms with Crippen LogP contribution in [0.15, 0.2) is 37.1 Å². The Morgan fingerprint density at radius 2 is 1.80 bits per heavy atom. The molecule has 0 bridgehead atoms. The molecule has 1 nitrogen and oxygen atoms in total. The first-order valence-electron chi connectivity index (χ1n) is 5.55. The minimum Gasteiger partial charge on any atom is -0.257 e. The molecule has 1 heterocycles. The minimum atomic E-state index is 1.01. The molecular formula is C14H23N. The maximum absolute atomic E-state index is 4.18. The van der Waals surface area contributed by atoms with E-state index in [9.17, 15) is 0 Å². The van der Waals surface area contributed by atoms with Gasteiger partial charge >= 0.3 is 0 Å². The SMILES string of the molecule is C=C/C=C\c1ncccc1C.CC.CC. The molecule has 84 valence electrons. The molecule has 0 unspecified atom stereocenters. The van der Waals surface area contributed by atoms with E-state index >= 15 is 0 Å². The van der Waals surface area contributed by atoms with E-state index in [2.05, 4.69) is 11.6 Å². The molecule has 0 aliphatic carbocycles. The highest BCUT2D eigenvalue weighted by molar-refractivity contribution is 5.50. The Morgan fingerprint density at radius 3 is 2.27 bits per heavy atom. The monoisotopic (exact) mass is 205 g/mol. The van der Waals surface area contributed by atoms with Crippen molar-refractivity contribution in [1.29, 1.82) is 0 Å². The van der Waals surface area contributed by atoms with E-state index in [1.54, 1.807) is 12.3 Å². The molecule has 0 atom stereocenters. The number of hydrogen-bond donors (Lipinski definition) is 0. The maximum Gasteiger partial charge on any atom is 0.0658 e. The molecule has 0 aromatic carbocycles. The molecule has 1 rings (SSSR count). The summed E-state index contributed by atoms with van der Waals surface area (Å²) >= 11 is 0. The van der Waals surface area contributed by atoms with Crippen LogP contribution in [0, 0.1) is 6.92 Å². The topological polar surface area (TPSA) is 12.9 Å². The lowest BCUT2D eigenvalue weighted by Crippen LogP contribution is -1.83. The van der Waals surface area contributed by atoms with Crippen LogP contribution in [0.1, 0.15) is 39.0 Å². The number of aromatic nitrogens is 1. The molecule has 0 fully saturated rings. The molecule has 0 spiro atoms. The zero-order valence-electron chi connectivity index (χ0n) is 10.6. The highest BCUT2D eigenvalue weighted by atomic mass is 14.7. The fourth-order valence-corrected chi connectivity index (χ4v) is 0.832. The molecule has 1 aromatic rings. The van der Waals surface area contributed by atoms with Crippen molar-refractivity contribution >= 4 is 6.08 Å². The van der Waals surface area contributed by atoms with Crippen LogP contribution in [0.3, 0.4) is 0 Å². The van der Waals surface area contributed by atoms with Gasteiger partial charge in [0.05, 0.1) is 5.69 Å². The molecule has 0 saturated heterocycles. The summed E-state index contributed by atoms with van der Waals surface area (Å²) in [5.41, 5.74) is 2.19. The first-order valence-corrected chi connectivity index (χ1v) is 5.55. The van der Waals surface area contributed by atoms with Gasteiger partial charge in [-0.25, -0.2) is 0 Å². The average Bonchev–Trinajstić information content (AvgIpc) is 2.33. The van der Waals surface area contributed by atoms with Crippen LogP contribution in [0.5, 0.6) is 0 Å². The Morgan fingerprint density at radius 1 is 1.20 bits per heavy atom. The smallest absolute Gasteiger partial charge is 0.0658 e. The first kappa shape index (κ1) is 16.1. The zero-order valence-corrected chi connectivity index (χ0v) is 10.6. The number of allylic oxidation sites excluding steroid dienone is 2. The fourth-order valence-electron chi connectivity index (χ4n) is 0.832. The first-order chi connectivity index (χ1) is 7.34. The van der Waals surface area contributed by atoms with Crippen LogP contribution in [-0.2, 0) is 0 Å². The van der Waals surface area contributed by atoms with Crippen LogP contribution in [-0.4, -0.2) is 4.98 Å². The summed E-state index contributed by atoms with van der Waals surface area (Å²) in [4.78, 5) is 4.18. The van der Waals surface area contributed by atoms with Crippen LogP contribution in [0.4, 0.5) is 0 Å². The van der Waals surface area contributed by atoms with E-state index in [0.717, 1.165) is 5.69 Å². The largest absolute Gasteiger partial charge is 0.257 e. The fraction of sp³-hybridized carbons (Fsp3) is 0.357. The van der Waals surface area contributed by atoms with Gasteiger partial charge in [0.1, 0.15) is 0 Å². The summed E-state index contributed by atoms with van der Waals surface area (Å²) < 4.78 is 0. The van der Waals surface area contributed by atoms with Crippen molar-refractivity contribution in [3.05, 3.63) is 48.3 Å². The third-order valence-electron chi connectivity index (χ3n) is 1.44. The third-order valence-corrected chi connectivity index (χ3v) is 1.44. The van der Waals surface area contributed by atoms with Gasteiger partial charge in [-0.2, -0.15) is 0 Å². The van der Waals surface area contributed by atoms with Gasteiger partial charge in [-0.15, -0.1) is 0 Å². The van der Waals surface area contributed by atoms with Crippen molar-refractivity contribution in [2.24, 2.45) is 0 Å². The normalized spacial score (nSPS) is 8.33. The second-order valence-corrected chi connectivity index (χ2v) is 2.30. The molecule has 0 radical (unpaired) electrons. The zero-order chi connectivity index (χ0) is 12.1. The molecule has 0 aliphatic heterocycles. The number of nitrogens with zero attached hydrogens (tertiary/aromatic N) is 1. The summed E-state index contributed by atoms with van der Waals surface area (Å²) in [6.45, 7) is 13.6. The van der Waals surface area contributed by atoms with Crippen LogP contribution < -0.4 is 0 Å². The molecule has 0 saturated carbocycles. The Hall–Kier alpha value is -1.37. The van der Waals surface area contributed by atoms with Gasteiger partial charge in [0, 0.05) is 6.20 Å². The van der Waals surface area contributed by atoms with Crippen LogP contribution >= 0.6 is 0 Å². The van der Waals surface area contributed by atoms with E-state index in [-0.39, 0.29) is 0 Å². The summed E-state index contributed by atoms with van der Waals surface area (Å²) in [6, 6.07) is 3.97. The molecule has 1 heteroatoms. The number of aryl methyl sites for hydroxylation is 1. The second-order valence-electron chi connectivity index (χ2n) is 2.30. The minimum absolute atomic E-state index is 1.01. The van der Waals surface area contributed by atoms with Crippen molar-refractivity contribution in [2.45, 2.75) is 34.6 Å². The molecule has 0 amide bonds. The van der Waals surface area contributed by atoms with Crippen molar-refractivity contribution < 1.29 is 0 Å². The predicted octanol–water partition coefficient (Wildman–Crippen LogP) is 4.64. The van der Waals surface area contributed by atoms with Gasteiger partial charge in [0.2, 0.25) is 0 Å². The third kappa shape index (κ3) is 7.68. The molecule has 1 aromatic heterocycles. The van der Waals surface area contributed by atoms with Crippen LogP contribution in [0.25, 0.3) is 6.08 Å². The van der Waals surface area contributed by atoms with E-state index in [1.807, 2.05) is 58.9 Å².